The molecule has 0 bridgehead atoms. The SMILES string of the molecule is COc1cc2c(cc1OC)CN(C(=O)c1ccc(=O)oc1)CC2. The Bertz CT molecular complexity index is 776. The predicted octanol–water partition coefficient (Wildman–Crippen LogP) is 1.86. The van der Waals surface area contributed by atoms with E-state index in [2.05, 4.69) is 0 Å². The van der Waals surface area contributed by atoms with Crippen LogP contribution in [0.1, 0.15) is 21.5 Å². The lowest BCUT2D eigenvalue weighted by molar-refractivity contribution is 0.0731. The number of hydrogen-bond acceptors (Lipinski definition) is 5. The van der Waals surface area contributed by atoms with E-state index in [0.29, 0.717) is 30.2 Å². The van der Waals surface area contributed by atoms with Gasteiger partial charge in [0, 0.05) is 19.2 Å². The molecular weight excluding hydrogens is 298 g/mol. The van der Waals surface area contributed by atoms with Gasteiger partial charge < -0.3 is 18.8 Å². The number of rotatable bonds is 3. The van der Waals surface area contributed by atoms with Crippen LogP contribution in [0.4, 0.5) is 0 Å². The maximum Gasteiger partial charge on any atom is 0.335 e. The van der Waals surface area contributed by atoms with Gasteiger partial charge in [0.15, 0.2) is 11.5 Å². The van der Waals surface area contributed by atoms with Gasteiger partial charge in [0.25, 0.3) is 5.91 Å². The fourth-order valence-corrected chi connectivity index (χ4v) is 2.72. The van der Waals surface area contributed by atoms with E-state index < -0.39 is 5.63 Å². The summed E-state index contributed by atoms with van der Waals surface area (Å²) in [5.41, 5.74) is 2.07. The molecule has 0 saturated heterocycles. The van der Waals surface area contributed by atoms with Crippen LogP contribution in [-0.2, 0) is 13.0 Å². The van der Waals surface area contributed by atoms with E-state index in [1.807, 2.05) is 12.1 Å². The Kier molecular flexibility index (Phi) is 4.06. The first-order valence-corrected chi connectivity index (χ1v) is 7.24. The largest absolute Gasteiger partial charge is 0.493 e. The molecule has 120 valence electrons. The maximum atomic E-state index is 12.5. The number of ether oxygens (including phenoxy) is 2. The second kappa shape index (κ2) is 6.16. The van der Waals surface area contributed by atoms with Gasteiger partial charge in [0.2, 0.25) is 0 Å². The summed E-state index contributed by atoms with van der Waals surface area (Å²) in [6, 6.07) is 6.59. The molecule has 0 aliphatic carbocycles. The zero-order valence-electron chi connectivity index (χ0n) is 13.0. The first kappa shape index (κ1) is 15.1. The molecule has 0 spiro atoms. The fourth-order valence-electron chi connectivity index (χ4n) is 2.72. The molecule has 0 atom stereocenters. The third-order valence-corrected chi connectivity index (χ3v) is 3.95. The smallest absolute Gasteiger partial charge is 0.335 e. The Balaban J connectivity index is 1.86. The number of carbonyl (C=O) groups excluding carboxylic acids is 1. The summed E-state index contributed by atoms with van der Waals surface area (Å²) in [5, 5.41) is 0. The lowest BCUT2D eigenvalue weighted by Crippen LogP contribution is -2.36. The molecule has 3 rings (SSSR count). The summed E-state index contributed by atoms with van der Waals surface area (Å²) >= 11 is 0. The molecule has 2 aromatic rings. The average Bonchev–Trinajstić information content (AvgIpc) is 2.60. The van der Waals surface area contributed by atoms with Gasteiger partial charge in [-0.3, -0.25) is 4.79 Å². The fraction of sp³-hybridized carbons (Fsp3) is 0.294. The number of carbonyl (C=O) groups is 1. The second-order valence-electron chi connectivity index (χ2n) is 5.30. The van der Waals surface area contributed by atoms with Crippen LogP contribution in [-0.4, -0.2) is 31.6 Å². The van der Waals surface area contributed by atoms with Crippen LogP contribution in [0.3, 0.4) is 0 Å². The molecule has 2 heterocycles. The molecule has 0 fully saturated rings. The standard InChI is InChI=1S/C17H17NO5/c1-21-14-7-11-5-6-18(9-13(11)8-15(14)22-2)17(20)12-3-4-16(19)23-10-12/h3-4,7-8,10H,5-6,9H2,1-2H3. The summed E-state index contributed by atoms with van der Waals surface area (Å²) in [6.45, 7) is 1.08. The third kappa shape index (κ3) is 2.92. The van der Waals surface area contributed by atoms with Gasteiger partial charge in [-0.15, -0.1) is 0 Å². The zero-order valence-corrected chi connectivity index (χ0v) is 13.0. The van der Waals surface area contributed by atoms with Crippen molar-refractivity contribution < 1.29 is 18.7 Å². The van der Waals surface area contributed by atoms with Crippen LogP contribution in [0.5, 0.6) is 11.5 Å². The topological polar surface area (TPSA) is 69.0 Å². The highest BCUT2D eigenvalue weighted by atomic mass is 16.5. The highest BCUT2D eigenvalue weighted by molar-refractivity contribution is 5.93. The van der Waals surface area contributed by atoms with Gasteiger partial charge in [-0.1, -0.05) is 0 Å². The molecule has 1 amide bonds. The number of nitrogens with zero attached hydrogens (tertiary/aromatic N) is 1. The number of benzene rings is 1. The van der Waals surface area contributed by atoms with Gasteiger partial charge in [-0.25, -0.2) is 4.79 Å². The number of methoxy groups -OCH3 is 2. The van der Waals surface area contributed by atoms with Crippen molar-refractivity contribution in [3.8, 4) is 11.5 Å². The Hall–Kier alpha value is -2.76. The van der Waals surface area contributed by atoms with Gasteiger partial charge in [0.1, 0.15) is 6.26 Å². The summed E-state index contributed by atoms with van der Waals surface area (Å²) in [7, 11) is 3.19. The van der Waals surface area contributed by atoms with Crippen LogP contribution in [0.15, 0.2) is 39.7 Å². The number of amides is 1. The Morgan fingerprint density at radius 3 is 2.43 bits per heavy atom. The van der Waals surface area contributed by atoms with Crippen molar-refractivity contribution in [1.82, 2.24) is 4.90 Å². The minimum absolute atomic E-state index is 0.158. The third-order valence-electron chi connectivity index (χ3n) is 3.95. The van der Waals surface area contributed by atoms with Crippen molar-refractivity contribution >= 4 is 5.91 Å². The monoisotopic (exact) mass is 315 g/mol. The van der Waals surface area contributed by atoms with Crippen molar-refractivity contribution in [3.63, 3.8) is 0 Å². The van der Waals surface area contributed by atoms with E-state index in [0.717, 1.165) is 17.5 Å². The molecular formula is C17H17NO5. The lowest BCUT2D eigenvalue weighted by atomic mass is 9.98. The first-order valence-electron chi connectivity index (χ1n) is 7.24. The van der Waals surface area contributed by atoms with E-state index in [4.69, 9.17) is 13.9 Å². The van der Waals surface area contributed by atoms with E-state index in [9.17, 15) is 9.59 Å². The minimum Gasteiger partial charge on any atom is -0.493 e. The summed E-state index contributed by atoms with van der Waals surface area (Å²) in [5.74, 6) is 1.18. The van der Waals surface area contributed by atoms with E-state index >= 15 is 0 Å². The Labute approximate surface area is 133 Å². The molecule has 0 unspecified atom stereocenters. The van der Waals surface area contributed by atoms with Crippen LogP contribution in [0, 0.1) is 0 Å². The Morgan fingerprint density at radius 2 is 1.83 bits per heavy atom. The number of fused-ring (bicyclic) bond motifs is 1. The van der Waals surface area contributed by atoms with Crippen molar-refractivity contribution in [2.75, 3.05) is 20.8 Å². The van der Waals surface area contributed by atoms with Crippen LogP contribution < -0.4 is 15.1 Å². The van der Waals surface area contributed by atoms with Gasteiger partial charge in [-0.05, 0) is 35.7 Å². The predicted molar refractivity (Wildman–Crippen MR) is 83.0 cm³/mol. The summed E-state index contributed by atoms with van der Waals surface area (Å²) in [6.07, 6.45) is 1.94. The molecule has 6 nitrogen and oxygen atoms in total. The van der Waals surface area contributed by atoms with Crippen molar-refractivity contribution in [1.29, 1.82) is 0 Å². The van der Waals surface area contributed by atoms with Crippen molar-refractivity contribution in [2.24, 2.45) is 0 Å². The van der Waals surface area contributed by atoms with Gasteiger partial charge in [0.05, 0.1) is 19.8 Å². The quantitative estimate of drug-likeness (QED) is 0.864. The van der Waals surface area contributed by atoms with E-state index in [-0.39, 0.29) is 5.91 Å². The molecule has 0 saturated carbocycles. The Morgan fingerprint density at radius 1 is 1.13 bits per heavy atom. The highest BCUT2D eigenvalue weighted by Crippen LogP contribution is 2.33. The average molecular weight is 315 g/mol. The van der Waals surface area contributed by atoms with Gasteiger partial charge in [-0.2, -0.15) is 0 Å². The molecule has 0 radical (unpaired) electrons. The van der Waals surface area contributed by atoms with Crippen molar-refractivity contribution in [2.45, 2.75) is 13.0 Å². The first-order chi connectivity index (χ1) is 11.1. The molecule has 1 aromatic heterocycles. The molecule has 0 N–H and O–H groups in total. The maximum absolute atomic E-state index is 12.5. The van der Waals surface area contributed by atoms with Gasteiger partial charge >= 0.3 is 5.63 Å². The molecule has 1 aliphatic heterocycles. The normalized spacial score (nSPS) is 13.4. The second-order valence-corrected chi connectivity index (χ2v) is 5.30. The lowest BCUT2D eigenvalue weighted by Gasteiger charge is -2.29. The van der Waals surface area contributed by atoms with Crippen LogP contribution in [0.25, 0.3) is 0 Å². The summed E-state index contributed by atoms with van der Waals surface area (Å²) < 4.78 is 15.4. The molecule has 23 heavy (non-hydrogen) atoms. The molecule has 6 heteroatoms. The minimum atomic E-state index is -0.470. The highest BCUT2D eigenvalue weighted by Gasteiger charge is 2.24. The van der Waals surface area contributed by atoms with Crippen LogP contribution >= 0.6 is 0 Å². The van der Waals surface area contributed by atoms with E-state index in [1.54, 1.807) is 19.1 Å². The van der Waals surface area contributed by atoms with Crippen LogP contribution in [0.2, 0.25) is 0 Å². The molecule has 1 aliphatic rings. The van der Waals surface area contributed by atoms with E-state index in [1.165, 1.54) is 18.4 Å². The molecule has 1 aromatic carbocycles. The zero-order chi connectivity index (χ0) is 16.4. The number of hydrogen-bond donors (Lipinski definition) is 0. The summed E-state index contributed by atoms with van der Waals surface area (Å²) in [4.78, 5) is 25.2. The van der Waals surface area contributed by atoms with Crippen molar-refractivity contribution in [3.05, 3.63) is 57.6 Å².